The van der Waals surface area contributed by atoms with Gasteiger partial charge in [-0.1, -0.05) is 23.8 Å². The first-order valence-electron chi connectivity index (χ1n) is 6.12. The van der Waals surface area contributed by atoms with Crippen LogP contribution in [0.4, 0.5) is 0 Å². The van der Waals surface area contributed by atoms with E-state index < -0.39 is 0 Å². The number of amides is 1. The van der Waals surface area contributed by atoms with Crippen molar-refractivity contribution in [3.8, 4) is 0 Å². The first-order valence-corrected chi connectivity index (χ1v) is 6.12. The van der Waals surface area contributed by atoms with Gasteiger partial charge in [0.05, 0.1) is 6.04 Å². The predicted molar refractivity (Wildman–Crippen MR) is 69.0 cm³/mol. The van der Waals surface area contributed by atoms with Crippen LogP contribution in [0.1, 0.15) is 16.7 Å². The van der Waals surface area contributed by atoms with Crippen LogP contribution in [0.3, 0.4) is 0 Å². The standard InChI is InChI=1S/C14H20N2O/c1-10-4-5-11(2)12(8-10)9-13-14(17)16(3)7-6-15-13/h4-5,8,13,15H,6-7,9H2,1-3H3. The van der Waals surface area contributed by atoms with Gasteiger partial charge in [0.1, 0.15) is 0 Å². The lowest BCUT2D eigenvalue weighted by molar-refractivity contribution is -0.134. The highest BCUT2D eigenvalue weighted by Gasteiger charge is 2.26. The van der Waals surface area contributed by atoms with Gasteiger partial charge in [-0.2, -0.15) is 0 Å². The quantitative estimate of drug-likeness (QED) is 0.833. The van der Waals surface area contributed by atoms with E-state index in [1.54, 1.807) is 0 Å². The molecule has 0 radical (unpaired) electrons. The van der Waals surface area contributed by atoms with Crippen molar-refractivity contribution in [2.45, 2.75) is 26.3 Å². The van der Waals surface area contributed by atoms with E-state index in [4.69, 9.17) is 0 Å². The summed E-state index contributed by atoms with van der Waals surface area (Å²) in [7, 11) is 1.87. The molecule has 1 fully saturated rings. The van der Waals surface area contributed by atoms with Crippen LogP contribution in [0.15, 0.2) is 18.2 Å². The van der Waals surface area contributed by atoms with Gasteiger partial charge in [-0.05, 0) is 31.4 Å². The van der Waals surface area contributed by atoms with Gasteiger partial charge in [-0.15, -0.1) is 0 Å². The lowest BCUT2D eigenvalue weighted by Gasteiger charge is -2.30. The number of hydrogen-bond acceptors (Lipinski definition) is 2. The molecule has 0 saturated carbocycles. The zero-order valence-corrected chi connectivity index (χ0v) is 10.8. The molecule has 1 N–H and O–H groups in total. The number of likely N-dealkylation sites (N-methyl/N-ethyl adjacent to an activating group) is 1. The summed E-state index contributed by atoms with van der Waals surface area (Å²) in [5.41, 5.74) is 3.78. The second kappa shape index (κ2) is 4.88. The molecule has 0 aliphatic carbocycles. The molecule has 3 nitrogen and oxygen atoms in total. The Morgan fingerprint density at radius 2 is 2.18 bits per heavy atom. The van der Waals surface area contributed by atoms with Crippen molar-refractivity contribution < 1.29 is 4.79 Å². The molecule has 1 aliphatic rings. The Kier molecular flexibility index (Phi) is 3.48. The smallest absolute Gasteiger partial charge is 0.239 e. The summed E-state index contributed by atoms with van der Waals surface area (Å²) < 4.78 is 0. The van der Waals surface area contributed by atoms with E-state index in [1.165, 1.54) is 16.7 Å². The lowest BCUT2D eigenvalue weighted by Crippen LogP contribution is -2.54. The van der Waals surface area contributed by atoms with Gasteiger partial charge in [-0.25, -0.2) is 0 Å². The van der Waals surface area contributed by atoms with Crippen LogP contribution in [0.5, 0.6) is 0 Å². The first kappa shape index (κ1) is 12.1. The highest BCUT2D eigenvalue weighted by Crippen LogP contribution is 2.14. The average molecular weight is 232 g/mol. The van der Waals surface area contributed by atoms with Gasteiger partial charge in [-0.3, -0.25) is 4.79 Å². The van der Waals surface area contributed by atoms with Gasteiger partial charge in [0, 0.05) is 20.1 Å². The van der Waals surface area contributed by atoms with Crippen molar-refractivity contribution >= 4 is 5.91 Å². The third-order valence-corrected chi connectivity index (χ3v) is 3.44. The first-order chi connectivity index (χ1) is 8.08. The molecule has 1 aromatic carbocycles. The van der Waals surface area contributed by atoms with Crippen LogP contribution >= 0.6 is 0 Å². The predicted octanol–water partition coefficient (Wildman–Crippen LogP) is 1.28. The van der Waals surface area contributed by atoms with E-state index >= 15 is 0 Å². The number of nitrogens with one attached hydrogen (secondary N) is 1. The summed E-state index contributed by atoms with van der Waals surface area (Å²) in [6, 6.07) is 6.36. The molecule has 92 valence electrons. The maximum atomic E-state index is 12.0. The lowest BCUT2D eigenvalue weighted by atomic mass is 9.97. The molecule has 0 aromatic heterocycles. The molecular weight excluding hydrogens is 212 g/mol. The van der Waals surface area contributed by atoms with Crippen LogP contribution in [0, 0.1) is 13.8 Å². The minimum absolute atomic E-state index is 0.0609. The zero-order valence-electron chi connectivity index (χ0n) is 10.8. The van der Waals surface area contributed by atoms with Crippen molar-refractivity contribution in [1.82, 2.24) is 10.2 Å². The second-order valence-corrected chi connectivity index (χ2v) is 4.90. The SMILES string of the molecule is Cc1ccc(C)c(CC2NCCN(C)C2=O)c1. The highest BCUT2D eigenvalue weighted by molar-refractivity contribution is 5.82. The third kappa shape index (κ3) is 2.67. The van der Waals surface area contributed by atoms with Crippen LogP contribution in [0.25, 0.3) is 0 Å². The van der Waals surface area contributed by atoms with Crippen LogP contribution in [-0.2, 0) is 11.2 Å². The summed E-state index contributed by atoms with van der Waals surface area (Å²) in [5, 5.41) is 3.30. The van der Waals surface area contributed by atoms with Crippen LogP contribution < -0.4 is 5.32 Å². The van der Waals surface area contributed by atoms with E-state index in [0.29, 0.717) is 0 Å². The Labute approximate surface area is 103 Å². The Hall–Kier alpha value is -1.35. The van der Waals surface area contributed by atoms with Gasteiger partial charge in [0.25, 0.3) is 0 Å². The van der Waals surface area contributed by atoms with Crippen LogP contribution in [-0.4, -0.2) is 37.0 Å². The van der Waals surface area contributed by atoms with Crippen LogP contribution in [0.2, 0.25) is 0 Å². The summed E-state index contributed by atoms with van der Waals surface area (Å²) in [4.78, 5) is 13.8. The largest absolute Gasteiger partial charge is 0.343 e. The minimum Gasteiger partial charge on any atom is -0.343 e. The molecular formula is C14H20N2O. The molecule has 2 rings (SSSR count). The van der Waals surface area contributed by atoms with E-state index in [2.05, 4.69) is 37.4 Å². The fourth-order valence-corrected chi connectivity index (χ4v) is 2.27. The Balaban J connectivity index is 2.14. The van der Waals surface area contributed by atoms with Gasteiger partial charge < -0.3 is 10.2 Å². The van der Waals surface area contributed by atoms with Crippen molar-refractivity contribution in [2.24, 2.45) is 0 Å². The third-order valence-electron chi connectivity index (χ3n) is 3.44. The number of rotatable bonds is 2. The topological polar surface area (TPSA) is 32.3 Å². The Morgan fingerprint density at radius 3 is 2.94 bits per heavy atom. The van der Waals surface area contributed by atoms with Crippen molar-refractivity contribution in [3.05, 3.63) is 34.9 Å². The maximum absolute atomic E-state index is 12.0. The van der Waals surface area contributed by atoms with Gasteiger partial charge in [0.2, 0.25) is 5.91 Å². The van der Waals surface area contributed by atoms with Gasteiger partial charge in [0.15, 0.2) is 0 Å². The molecule has 3 heteroatoms. The number of piperazine rings is 1. The summed E-state index contributed by atoms with van der Waals surface area (Å²) >= 11 is 0. The molecule has 0 spiro atoms. The average Bonchev–Trinajstić information content (AvgIpc) is 2.30. The molecule has 1 heterocycles. The zero-order chi connectivity index (χ0) is 12.4. The monoisotopic (exact) mass is 232 g/mol. The van der Waals surface area contributed by atoms with Crippen molar-refractivity contribution in [3.63, 3.8) is 0 Å². The molecule has 1 saturated heterocycles. The summed E-state index contributed by atoms with van der Waals surface area (Å²) in [6.45, 7) is 5.89. The Bertz CT molecular complexity index is 428. The fraction of sp³-hybridized carbons (Fsp3) is 0.500. The second-order valence-electron chi connectivity index (χ2n) is 4.90. The number of hydrogen-bond donors (Lipinski definition) is 1. The minimum atomic E-state index is -0.0609. The molecule has 0 bridgehead atoms. The number of carbonyl (C=O) groups excluding carboxylic acids is 1. The summed E-state index contributed by atoms with van der Waals surface area (Å²) in [6.07, 6.45) is 0.788. The number of benzene rings is 1. The summed E-state index contributed by atoms with van der Waals surface area (Å²) in [5.74, 6) is 0.206. The van der Waals surface area contributed by atoms with E-state index in [1.807, 2.05) is 11.9 Å². The molecule has 1 aliphatic heterocycles. The molecule has 1 unspecified atom stereocenters. The number of aryl methyl sites for hydroxylation is 2. The van der Waals surface area contributed by atoms with Crippen molar-refractivity contribution in [1.29, 1.82) is 0 Å². The van der Waals surface area contributed by atoms with Crippen molar-refractivity contribution in [2.75, 3.05) is 20.1 Å². The molecule has 1 amide bonds. The molecule has 1 atom stereocenters. The number of carbonyl (C=O) groups is 1. The molecule has 17 heavy (non-hydrogen) atoms. The highest BCUT2D eigenvalue weighted by atomic mass is 16.2. The fourth-order valence-electron chi connectivity index (χ4n) is 2.27. The maximum Gasteiger partial charge on any atom is 0.239 e. The van der Waals surface area contributed by atoms with Gasteiger partial charge >= 0.3 is 0 Å². The normalized spacial score (nSPS) is 20.8. The van der Waals surface area contributed by atoms with E-state index in [9.17, 15) is 4.79 Å². The molecule has 1 aromatic rings. The Morgan fingerprint density at radius 1 is 1.41 bits per heavy atom. The van der Waals surface area contributed by atoms with E-state index in [-0.39, 0.29) is 11.9 Å². The number of nitrogens with zero attached hydrogens (tertiary/aromatic N) is 1. The van der Waals surface area contributed by atoms with E-state index in [0.717, 1.165) is 19.5 Å².